The molecule has 0 aliphatic rings. The zero-order valence-corrected chi connectivity index (χ0v) is 11.4. The predicted octanol–water partition coefficient (Wildman–Crippen LogP) is 3.77. The minimum absolute atomic E-state index is 0.240. The van der Waals surface area contributed by atoms with Crippen LogP contribution in [0.15, 0.2) is 0 Å². The summed E-state index contributed by atoms with van der Waals surface area (Å²) in [5.41, 5.74) is 0. The third kappa shape index (κ3) is 14.0. The van der Waals surface area contributed by atoms with E-state index >= 15 is 0 Å². The Bertz CT molecular complexity index is 160. The van der Waals surface area contributed by atoms with Gasteiger partial charge in [-0.25, -0.2) is 0 Å². The van der Waals surface area contributed by atoms with Gasteiger partial charge in [-0.15, -0.1) is 0 Å². The van der Waals surface area contributed by atoms with Crippen LogP contribution in [0.2, 0.25) is 0 Å². The van der Waals surface area contributed by atoms with E-state index in [1.54, 1.807) is 6.92 Å². The molecule has 0 aromatic heterocycles. The number of hydrogen-bond donors (Lipinski definition) is 1. The van der Waals surface area contributed by atoms with Gasteiger partial charge in [0.15, 0.2) is 5.12 Å². The summed E-state index contributed by atoms with van der Waals surface area (Å²) in [6.45, 7) is 1.98. The monoisotopic (exact) mass is 246 g/mol. The van der Waals surface area contributed by atoms with E-state index in [2.05, 4.69) is 0 Å². The van der Waals surface area contributed by atoms with E-state index in [9.17, 15) is 4.79 Å². The molecule has 0 aromatic rings. The summed E-state index contributed by atoms with van der Waals surface area (Å²) in [6, 6.07) is 0. The van der Waals surface area contributed by atoms with Crippen molar-refractivity contribution in [3.05, 3.63) is 0 Å². The van der Waals surface area contributed by atoms with E-state index in [0.29, 0.717) is 6.61 Å². The fourth-order valence-electron chi connectivity index (χ4n) is 1.67. The molecule has 0 spiro atoms. The lowest BCUT2D eigenvalue weighted by atomic mass is 10.1. The molecule has 0 heterocycles. The number of unbranched alkanes of at least 4 members (excludes halogenated alkanes) is 8. The molecule has 0 atom stereocenters. The number of carbonyl (C=O) groups is 1. The summed E-state index contributed by atoms with van der Waals surface area (Å²) in [5.74, 6) is 0.992. The van der Waals surface area contributed by atoms with E-state index in [0.717, 1.165) is 12.2 Å². The summed E-state index contributed by atoms with van der Waals surface area (Å²) in [6.07, 6.45) is 11.1. The van der Waals surface area contributed by atoms with Gasteiger partial charge in [-0.3, -0.25) is 4.79 Å². The molecule has 0 bridgehead atoms. The van der Waals surface area contributed by atoms with Gasteiger partial charge in [0.1, 0.15) is 0 Å². The Morgan fingerprint density at radius 3 is 1.75 bits per heavy atom. The Hall–Kier alpha value is -0.0200. The Labute approximate surface area is 104 Å². The van der Waals surface area contributed by atoms with Gasteiger partial charge in [-0.1, -0.05) is 56.7 Å². The van der Waals surface area contributed by atoms with Crippen molar-refractivity contribution >= 4 is 16.9 Å². The molecule has 0 saturated heterocycles. The van der Waals surface area contributed by atoms with Crippen LogP contribution in [-0.4, -0.2) is 22.6 Å². The van der Waals surface area contributed by atoms with E-state index in [-0.39, 0.29) is 5.12 Å². The first-order chi connectivity index (χ1) is 7.77. The Kier molecular flexibility index (Phi) is 13.0. The molecule has 0 radical (unpaired) electrons. The van der Waals surface area contributed by atoms with Crippen molar-refractivity contribution in [1.82, 2.24) is 0 Å². The SMILES string of the molecule is CC(=O)SCCCCCCCCCCCO. The molecule has 0 unspecified atom stereocenters. The zero-order valence-electron chi connectivity index (χ0n) is 10.5. The maximum atomic E-state index is 10.6. The Balaban J connectivity index is 2.90. The van der Waals surface area contributed by atoms with E-state index in [1.807, 2.05) is 0 Å². The van der Waals surface area contributed by atoms with Crippen LogP contribution >= 0.6 is 11.8 Å². The summed E-state index contributed by atoms with van der Waals surface area (Å²) < 4.78 is 0. The molecule has 0 amide bonds. The summed E-state index contributed by atoms with van der Waals surface area (Å²) in [4.78, 5) is 10.6. The number of thioether (sulfide) groups is 1. The van der Waals surface area contributed by atoms with E-state index in [4.69, 9.17) is 5.11 Å². The second-order valence-corrected chi connectivity index (χ2v) is 5.52. The molecule has 0 rings (SSSR count). The summed E-state index contributed by atoms with van der Waals surface area (Å²) in [5, 5.41) is 8.84. The van der Waals surface area contributed by atoms with E-state index in [1.165, 1.54) is 63.1 Å². The van der Waals surface area contributed by atoms with Crippen molar-refractivity contribution in [3.8, 4) is 0 Å². The van der Waals surface area contributed by atoms with Crippen LogP contribution in [0.1, 0.15) is 64.7 Å². The summed E-state index contributed by atoms with van der Waals surface area (Å²) in [7, 11) is 0. The molecule has 0 fully saturated rings. The number of aliphatic hydroxyl groups excluding tert-OH is 1. The Morgan fingerprint density at radius 1 is 0.875 bits per heavy atom. The van der Waals surface area contributed by atoms with Crippen LogP contribution in [0.4, 0.5) is 0 Å². The molecule has 0 aliphatic carbocycles. The van der Waals surface area contributed by atoms with Crippen molar-refractivity contribution in [2.75, 3.05) is 12.4 Å². The van der Waals surface area contributed by atoms with Crippen molar-refractivity contribution in [2.45, 2.75) is 64.7 Å². The van der Waals surface area contributed by atoms with Gasteiger partial charge in [-0.05, 0) is 12.8 Å². The van der Waals surface area contributed by atoms with Crippen molar-refractivity contribution < 1.29 is 9.90 Å². The largest absolute Gasteiger partial charge is 0.396 e. The average Bonchev–Trinajstić information content (AvgIpc) is 2.25. The molecule has 0 aliphatic heterocycles. The molecule has 0 aromatic carbocycles. The first-order valence-electron chi connectivity index (χ1n) is 6.51. The fraction of sp³-hybridized carbons (Fsp3) is 0.923. The van der Waals surface area contributed by atoms with Gasteiger partial charge >= 0.3 is 0 Å². The lowest BCUT2D eigenvalue weighted by Gasteiger charge is -2.01. The molecule has 0 saturated carbocycles. The van der Waals surface area contributed by atoms with Crippen LogP contribution in [0.3, 0.4) is 0 Å². The minimum atomic E-state index is 0.240. The van der Waals surface area contributed by atoms with Crippen molar-refractivity contribution in [3.63, 3.8) is 0 Å². The minimum Gasteiger partial charge on any atom is -0.396 e. The van der Waals surface area contributed by atoms with E-state index < -0.39 is 0 Å². The Morgan fingerprint density at radius 2 is 1.31 bits per heavy atom. The standard InChI is InChI=1S/C13H26O2S/c1-13(15)16-12-10-8-6-4-2-3-5-7-9-11-14/h14H,2-12H2,1H3. The molecule has 96 valence electrons. The highest BCUT2D eigenvalue weighted by atomic mass is 32.2. The van der Waals surface area contributed by atoms with Crippen LogP contribution in [0.25, 0.3) is 0 Å². The normalized spacial score (nSPS) is 10.6. The molecular formula is C13H26O2S. The van der Waals surface area contributed by atoms with Gasteiger partial charge in [0.25, 0.3) is 0 Å². The van der Waals surface area contributed by atoms with Crippen LogP contribution in [-0.2, 0) is 4.79 Å². The second kappa shape index (κ2) is 13.0. The zero-order chi connectivity index (χ0) is 12.1. The predicted molar refractivity (Wildman–Crippen MR) is 71.8 cm³/mol. The fourth-order valence-corrected chi connectivity index (χ4v) is 2.30. The number of hydrogen-bond acceptors (Lipinski definition) is 3. The maximum absolute atomic E-state index is 10.6. The van der Waals surface area contributed by atoms with Gasteiger partial charge in [-0.2, -0.15) is 0 Å². The van der Waals surface area contributed by atoms with Crippen molar-refractivity contribution in [2.24, 2.45) is 0 Å². The highest BCUT2D eigenvalue weighted by Gasteiger charge is 1.95. The highest BCUT2D eigenvalue weighted by Crippen LogP contribution is 2.11. The molecule has 2 nitrogen and oxygen atoms in total. The third-order valence-corrected chi connectivity index (χ3v) is 3.51. The lowest BCUT2D eigenvalue weighted by molar-refractivity contribution is -0.109. The number of carbonyl (C=O) groups excluding carboxylic acids is 1. The first kappa shape index (κ1) is 16.0. The highest BCUT2D eigenvalue weighted by molar-refractivity contribution is 8.13. The molecule has 16 heavy (non-hydrogen) atoms. The maximum Gasteiger partial charge on any atom is 0.185 e. The van der Waals surface area contributed by atoms with Crippen LogP contribution in [0, 0.1) is 0 Å². The summed E-state index contributed by atoms with van der Waals surface area (Å²) >= 11 is 1.45. The van der Waals surface area contributed by atoms with Gasteiger partial charge in [0, 0.05) is 19.3 Å². The molecule has 1 N–H and O–H groups in total. The first-order valence-corrected chi connectivity index (χ1v) is 7.50. The van der Waals surface area contributed by atoms with Crippen molar-refractivity contribution in [1.29, 1.82) is 0 Å². The number of rotatable bonds is 11. The topological polar surface area (TPSA) is 37.3 Å². The molecular weight excluding hydrogens is 220 g/mol. The van der Waals surface area contributed by atoms with Gasteiger partial charge in [0.05, 0.1) is 0 Å². The van der Waals surface area contributed by atoms with Gasteiger partial charge < -0.3 is 5.11 Å². The van der Waals surface area contributed by atoms with Crippen LogP contribution < -0.4 is 0 Å². The smallest absolute Gasteiger partial charge is 0.185 e. The van der Waals surface area contributed by atoms with Gasteiger partial charge in [0.2, 0.25) is 0 Å². The second-order valence-electron chi connectivity index (χ2n) is 4.25. The third-order valence-electron chi connectivity index (χ3n) is 2.61. The lowest BCUT2D eigenvalue weighted by Crippen LogP contribution is -1.87. The quantitative estimate of drug-likeness (QED) is 0.564. The number of aliphatic hydroxyl groups is 1. The van der Waals surface area contributed by atoms with Crippen LogP contribution in [0.5, 0.6) is 0 Å². The molecule has 3 heteroatoms. The average molecular weight is 246 g/mol.